The molecule has 0 unspecified atom stereocenters. The third-order valence-electron chi connectivity index (χ3n) is 3.54. The van der Waals surface area contributed by atoms with E-state index in [9.17, 15) is 14.4 Å². The van der Waals surface area contributed by atoms with Gasteiger partial charge in [0.05, 0.1) is 7.11 Å². The minimum Gasteiger partial charge on any atom is -0.464 e. The van der Waals surface area contributed by atoms with Crippen molar-refractivity contribution >= 4 is 17.8 Å². The molecule has 0 radical (unpaired) electrons. The average Bonchev–Trinajstić information content (AvgIpc) is 3.03. The van der Waals surface area contributed by atoms with Crippen molar-refractivity contribution in [3.8, 4) is 0 Å². The third kappa shape index (κ3) is 3.33. The van der Waals surface area contributed by atoms with Crippen LogP contribution in [0.3, 0.4) is 0 Å². The Morgan fingerprint density at radius 2 is 1.95 bits per heavy atom. The molecule has 1 aliphatic rings. The second-order valence-electron chi connectivity index (χ2n) is 4.98. The minimum atomic E-state index is -0.702. The van der Waals surface area contributed by atoms with E-state index in [0.29, 0.717) is 18.5 Å². The number of hydrogen-bond acceptors (Lipinski definition) is 4. The summed E-state index contributed by atoms with van der Waals surface area (Å²) in [6.07, 6.45) is 1.29. The van der Waals surface area contributed by atoms with E-state index in [2.05, 4.69) is 16.6 Å². The van der Waals surface area contributed by atoms with Crippen LogP contribution in [0.2, 0.25) is 0 Å². The molecule has 6 heteroatoms. The van der Waals surface area contributed by atoms with Gasteiger partial charge in [-0.3, -0.25) is 9.59 Å². The highest BCUT2D eigenvalue weighted by Crippen LogP contribution is 2.20. The number of ether oxygens (including phenoxy) is 1. The Hall–Kier alpha value is -2.63. The van der Waals surface area contributed by atoms with Crippen molar-refractivity contribution in [2.24, 2.45) is 0 Å². The Morgan fingerprint density at radius 1 is 1.27 bits per heavy atom. The number of hydrogen-bond donors (Lipinski definition) is 1. The Morgan fingerprint density at radius 3 is 2.59 bits per heavy atom. The molecule has 2 amide bonds. The lowest BCUT2D eigenvalue weighted by Crippen LogP contribution is -2.46. The fourth-order valence-electron chi connectivity index (χ4n) is 2.44. The third-order valence-corrected chi connectivity index (χ3v) is 3.54. The molecule has 116 valence electrons. The van der Waals surface area contributed by atoms with E-state index in [1.165, 1.54) is 12.0 Å². The van der Waals surface area contributed by atoms with Crippen LogP contribution in [0.25, 0.3) is 0 Å². The SMILES string of the molecule is C=C(NC(=O)[C@@H]1CCCN1C(=O)c1ccccc1)C(=O)OC. The Labute approximate surface area is 128 Å². The summed E-state index contributed by atoms with van der Waals surface area (Å²) < 4.78 is 4.49. The molecular formula is C16H18N2O4. The Balaban J connectivity index is 2.07. The molecule has 1 atom stereocenters. The highest BCUT2D eigenvalue weighted by Gasteiger charge is 2.35. The van der Waals surface area contributed by atoms with Crippen LogP contribution in [0.4, 0.5) is 0 Å². The van der Waals surface area contributed by atoms with Crippen LogP contribution in [0.15, 0.2) is 42.6 Å². The number of benzene rings is 1. The molecule has 1 heterocycles. The summed E-state index contributed by atoms with van der Waals surface area (Å²) in [5.41, 5.74) is 0.403. The molecule has 1 aromatic rings. The number of amides is 2. The molecule has 6 nitrogen and oxygen atoms in total. The number of esters is 1. The van der Waals surface area contributed by atoms with Gasteiger partial charge in [-0.25, -0.2) is 4.79 Å². The molecule has 0 aliphatic carbocycles. The standard InChI is InChI=1S/C16H18N2O4/c1-11(16(21)22-2)17-14(19)13-9-6-10-18(13)15(20)12-7-4-3-5-8-12/h3-5,7-8,13H,1,6,9-10H2,2H3,(H,17,19)/t13-/m0/s1. The first-order valence-electron chi connectivity index (χ1n) is 6.98. The van der Waals surface area contributed by atoms with Crippen LogP contribution in [0.5, 0.6) is 0 Å². The monoisotopic (exact) mass is 302 g/mol. The van der Waals surface area contributed by atoms with E-state index in [1.807, 2.05) is 6.07 Å². The minimum absolute atomic E-state index is 0.133. The van der Waals surface area contributed by atoms with Gasteiger partial charge in [0, 0.05) is 12.1 Å². The van der Waals surface area contributed by atoms with Crippen molar-refractivity contribution in [2.45, 2.75) is 18.9 Å². The van der Waals surface area contributed by atoms with Crippen LogP contribution < -0.4 is 5.32 Å². The van der Waals surface area contributed by atoms with Gasteiger partial charge in [-0.15, -0.1) is 0 Å². The van der Waals surface area contributed by atoms with E-state index in [0.717, 1.165) is 6.42 Å². The second-order valence-corrected chi connectivity index (χ2v) is 4.98. The number of methoxy groups -OCH3 is 1. The normalized spacial score (nSPS) is 17.0. The van der Waals surface area contributed by atoms with Crippen molar-refractivity contribution in [3.63, 3.8) is 0 Å². The maximum atomic E-state index is 12.5. The summed E-state index contributed by atoms with van der Waals surface area (Å²) in [5.74, 6) is -1.31. The highest BCUT2D eigenvalue weighted by molar-refractivity contribution is 6.00. The maximum Gasteiger partial charge on any atom is 0.353 e. The zero-order valence-corrected chi connectivity index (χ0v) is 12.4. The molecule has 0 spiro atoms. The van der Waals surface area contributed by atoms with Crippen molar-refractivity contribution in [1.29, 1.82) is 0 Å². The summed E-state index contributed by atoms with van der Waals surface area (Å²) >= 11 is 0. The maximum absolute atomic E-state index is 12.5. The fraction of sp³-hybridized carbons (Fsp3) is 0.312. The Kier molecular flexibility index (Phi) is 4.93. The van der Waals surface area contributed by atoms with Gasteiger partial charge in [-0.05, 0) is 25.0 Å². The highest BCUT2D eigenvalue weighted by atomic mass is 16.5. The second kappa shape index (κ2) is 6.89. The van der Waals surface area contributed by atoms with E-state index < -0.39 is 17.9 Å². The number of rotatable bonds is 4. The lowest BCUT2D eigenvalue weighted by molar-refractivity contribution is -0.138. The van der Waals surface area contributed by atoms with Crippen molar-refractivity contribution in [3.05, 3.63) is 48.2 Å². The molecule has 1 aliphatic heterocycles. The number of carbonyl (C=O) groups excluding carboxylic acids is 3. The van der Waals surface area contributed by atoms with Crippen LogP contribution in [0, 0.1) is 0 Å². The molecule has 1 N–H and O–H groups in total. The lowest BCUT2D eigenvalue weighted by atomic mass is 10.1. The molecule has 0 bridgehead atoms. The van der Waals surface area contributed by atoms with Crippen LogP contribution in [-0.4, -0.2) is 42.4 Å². The predicted octanol–water partition coefficient (Wildman–Crippen LogP) is 1.09. The molecular weight excluding hydrogens is 284 g/mol. The van der Waals surface area contributed by atoms with E-state index in [1.54, 1.807) is 24.3 Å². The van der Waals surface area contributed by atoms with Gasteiger partial charge in [0.15, 0.2) is 0 Å². The first-order chi connectivity index (χ1) is 10.5. The van der Waals surface area contributed by atoms with Gasteiger partial charge in [-0.1, -0.05) is 24.8 Å². The van der Waals surface area contributed by atoms with Gasteiger partial charge in [-0.2, -0.15) is 0 Å². The van der Waals surface area contributed by atoms with Crippen molar-refractivity contribution in [1.82, 2.24) is 10.2 Å². The summed E-state index contributed by atoms with van der Waals surface area (Å²) in [5, 5.41) is 2.41. The summed E-state index contributed by atoms with van der Waals surface area (Å²) in [7, 11) is 1.21. The number of nitrogens with one attached hydrogen (secondary N) is 1. The zero-order valence-electron chi connectivity index (χ0n) is 12.4. The van der Waals surface area contributed by atoms with Gasteiger partial charge in [0.25, 0.3) is 5.91 Å². The zero-order chi connectivity index (χ0) is 16.1. The van der Waals surface area contributed by atoms with Crippen LogP contribution in [-0.2, 0) is 14.3 Å². The van der Waals surface area contributed by atoms with Crippen molar-refractivity contribution < 1.29 is 19.1 Å². The van der Waals surface area contributed by atoms with Gasteiger partial charge in [0.1, 0.15) is 11.7 Å². The van der Waals surface area contributed by atoms with Crippen LogP contribution >= 0.6 is 0 Å². The smallest absolute Gasteiger partial charge is 0.353 e. The van der Waals surface area contributed by atoms with E-state index in [4.69, 9.17) is 0 Å². The molecule has 22 heavy (non-hydrogen) atoms. The summed E-state index contributed by atoms with van der Waals surface area (Å²) in [6, 6.07) is 8.20. The summed E-state index contributed by atoms with van der Waals surface area (Å²) in [6.45, 7) is 3.97. The van der Waals surface area contributed by atoms with Crippen molar-refractivity contribution in [2.75, 3.05) is 13.7 Å². The summed E-state index contributed by atoms with van der Waals surface area (Å²) in [4.78, 5) is 37.5. The molecule has 1 saturated heterocycles. The first kappa shape index (κ1) is 15.8. The number of likely N-dealkylation sites (tertiary alicyclic amines) is 1. The van der Waals surface area contributed by atoms with Gasteiger partial charge >= 0.3 is 5.97 Å². The number of nitrogens with zero attached hydrogens (tertiary/aromatic N) is 1. The topological polar surface area (TPSA) is 75.7 Å². The van der Waals surface area contributed by atoms with E-state index in [-0.39, 0.29) is 11.6 Å². The fourth-order valence-corrected chi connectivity index (χ4v) is 2.44. The molecule has 2 rings (SSSR count). The average molecular weight is 302 g/mol. The van der Waals surface area contributed by atoms with E-state index >= 15 is 0 Å². The van der Waals surface area contributed by atoms with Gasteiger partial charge < -0.3 is 15.0 Å². The predicted molar refractivity (Wildman–Crippen MR) is 79.8 cm³/mol. The molecule has 0 saturated carbocycles. The van der Waals surface area contributed by atoms with Gasteiger partial charge in [0.2, 0.25) is 5.91 Å². The number of carbonyl (C=O) groups is 3. The largest absolute Gasteiger partial charge is 0.464 e. The molecule has 1 fully saturated rings. The van der Waals surface area contributed by atoms with Crippen LogP contribution in [0.1, 0.15) is 23.2 Å². The first-order valence-corrected chi connectivity index (χ1v) is 6.98. The quantitative estimate of drug-likeness (QED) is 0.667. The molecule has 1 aromatic carbocycles. The molecule has 0 aromatic heterocycles. The lowest BCUT2D eigenvalue weighted by Gasteiger charge is -2.24. The Bertz CT molecular complexity index is 597.